The summed E-state index contributed by atoms with van der Waals surface area (Å²) in [6.45, 7) is 0.389. The molecule has 2 unspecified atom stereocenters. The number of aliphatic hydroxyl groups is 1. The molecule has 0 heterocycles. The number of rotatable bonds is 4. The molecule has 0 aromatic heterocycles. The van der Waals surface area contributed by atoms with Gasteiger partial charge in [-0.1, -0.05) is 30.3 Å². The molecular formula is C28H29N3O6. The average molecular weight is 504 g/mol. The number of hydrogen-bond donors (Lipinski definition) is 4. The molecule has 192 valence electrons. The number of aromatic hydroxyl groups is 1. The van der Waals surface area contributed by atoms with Crippen molar-refractivity contribution in [3.05, 3.63) is 64.9 Å². The maximum atomic E-state index is 13.8. The SMILES string of the molecule is CN(C)C1=CC(C(N)=O)C(=O)[C@@]2(O)C(=O)C3C(=O)c4c(O)ccc(-c5ccc(CN)cc5)c4C[C@H]3C[C@@H]12. The molecule has 2 aromatic rings. The second-order valence-corrected chi connectivity index (χ2v) is 10.3. The van der Waals surface area contributed by atoms with Crippen molar-refractivity contribution in [1.29, 1.82) is 0 Å². The van der Waals surface area contributed by atoms with Crippen LogP contribution in [0, 0.1) is 23.7 Å². The molecule has 0 aliphatic heterocycles. The van der Waals surface area contributed by atoms with Crippen molar-refractivity contribution in [3.63, 3.8) is 0 Å². The average Bonchev–Trinajstić information content (AvgIpc) is 2.86. The number of fused-ring (bicyclic) bond motifs is 3. The highest BCUT2D eigenvalue weighted by molar-refractivity contribution is 6.26. The Morgan fingerprint density at radius 3 is 2.35 bits per heavy atom. The lowest BCUT2D eigenvalue weighted by atomic mass is 9.54. The van der Waals surface area contributed by atoms with Crippen molar-refractivity contribution in [1.82, 2.24) is 4.90 Å². The molecule has 1 amide bonds. The zero-order chi connectivity index (χ0) is 26.8. The summed E-state index contributed by atoms with van der Waals surface area (Å²) in [5.74, 6) is -8.07. The first-order valence-electron chi connectivity index (χ1n) is 12.2. The van der Waals surface area contributed by atoms with E-state index in [0.717, 1.165) is 16.7 Å². The van der Waals surface area contributed by atoms with Gasteiger partial charge in [-0.2, -0.15) is 0 Å². The van der Waals surface area contributed by atoms with E-state index < -0.39 is 52.5 Å². The Hall–Kier alpha value is -3.82. The first-order chi connectivity index (χ1) is 17.5. The fourth-order valence-electron chi connectivity index (χ4n) is 6.30. The monoisotopic (exact) mass is 503 g/mol. The third-order valence-corrected chi connectivity index (χ3v) is 8.13. The summed E-state index contributed by atoms with van der Waals surface area (Å²) < 4.78 is 0. The van der Waals surface area contributed by atoms with Gasteiger partial charge in [0, 0.05) is 32.3 Å². The predicted octanol–water partition coefficient (Wildman–Crippen LogP) is 0.939. The van der Waals surface area contributed by atoms with E-state index in [-0.39, 0.29) is 17.7 Å². The first kappa shape index (κ1) is 24.9. The Balaban J connectivity index is 1.64. The molecule has 5 atom stereocenters. The van der Waals surface area contributed by atoms with Gasteiger partial charge in [0.2, 0.25) is 5.91 Å². The molecule has 2 aromatic carbocycles. The van der Waals surface area contributed by atoms with Gasteiger partial charge in [-0.05, 0) is 53.2 Å². The highest BCUT2D eigenvalue weighted by atomic mass is 16.3. The van der Waals surface area contributed by atoms with Crippen LogP contribution in [0.2, 0.25) is 0 Å². The quantitative estimate of drug-likeness (QED) is 0.448. The van der Waals surface area contributed by atoms with Crippen LogP contribution in [0.4, 0.5) is 0 Å². The van der Waals surface area contributed by atoms with Crippen LogP contribution >= 0.6 is 0 Å². The largest absolute Gasteiger partial charge is 0.507 e. The number of ketones is 3. The van der Waals surface area contributed by atoms with Crippen LogP contribution in [0.1, 0.15) is 27.9 Å². The Morgan fingerprint density at radius 2 is 1.76 bits per heavy atom. The summed E-state index contributed by atoms with van der Waals surface area (Å²) in [6.07, 6.45) is 1.87. The minimum absolute atomic E-state index is 0.0233. The fourth-order valence-corrected chi connectivity index (χ4v) is 6.30. The number of primary amides is 1. The third-order valence-electron chi connectivity index (χ3n) is 8.13. The summed E-state index contributed by atoms with van der Waals surface area (Å²) in [7, 11) is 3.39. The predicted molar refractivity (Wildman–Crippen MR) is 134 cm³/mol. The lowest BCUT2D eigenvalue weighted by Crippen LogP contribution is -2.67. The van der Waals surface area contributed by atoms with Crippen molar-refractivity contribution in [3.8, 4) is 16.9 Å². The lowest BCUT2D eigenvalue weighted by molar-refractivity contribution is -0.168. The van der Waals surface area contributed by atoms with E-state index in [1.807, 2.05) is 24.3 Å². The standard InChI is InChI=1S/C28H29N3O6/c1-31(2)20-11-18(27(30)36)25(34)28(37)19(20)10-15-9-17-16(14-5-3-13(12-29)4-6-14)7-8-21(32)23(17)24(33)22(15)26(28)35/h3-8,11,15,18-19,22,32,37H,9-10,12,29H2,1-2H3,(H2,30,36)/t15-,18?,19-,22?,28+/m0/s1. The normalized spacial score (nSPS) is 28.6. The molecule has 9 nitrogen and oxygen atoms in total. The molecular weight excluding hydrogens is 474 g/mol. The molecule has 0 saturated heterocycles. The van der Waals surface area contributed by atoms with E-state index in [1.54, 1.807) is 25.1 Å². The van der Waals surface area contributed by atoms with Crippen molar-refractivity contribution in [2.75, 3.05) is 14.1 Å². The maximum absolute atomic E-state index is 13.8. The van der Waals surface area contributed by atoms with Crippen molar-refractivity contribution >= 4 is 23.3 Å². The van der Waals surface area contributed by atoms with E-state index in [0.29, 0.717) is 24.2 Å². The zero-order valence-corrected chi connectivity index (χ0v) is 20.6. The Bertz CT molecular complexity index is 1380. The van der Waals surface area contributed by atoms with Crippen LogP contribution < -0.4 is 11.5 Å². The Kier molecular flexibility index (Phi) is 5.80. The zero-order valence-electron chi connectivity index (χ0n) is 20.6. The van der Waals surface area contributed by atoms with E-state index >= 15 is 0 Å². The number of carbonyl (C=O) groups is 4. The van der Waals surface area contributed by atoms with Gasteiger partial charge >= 0.3 is 0 Å². The van der Waals surface area contributed by atoms with Crippen molar-refractivity contribution < 1.29 is 29.4 Å². The topological polar surface area (TPSA) is 164 Å². The van der Waals surface area contributed by atoms with E-state index in [2.05, 4.69) is 0 Å². The second kappa shape index (κ2) is 8.64. The van der Waals surface area contributed by atoms with Crippen molar-refractivity contribution in [2.45, 2.75) is 25.0 Å². The summed E-state index contributed by atoms with van der Waals surface area (Å²) >= 11 is 0. The Morgan fingerprint density at radius 1 is 1.08 bits per heavy atom. The molecule has 3 aliphatic carbocycles. The molecule has 0 spiro atoms. The fraction of sp³-hybridized carbons (Fsp3) is 0.357. The molecule has 1 saturated carbocycles. The lowest BCUT2D eigenvalue weighted by Gasteiger charge is -2.50. The number of benzene rings is 2. The minimum atomic E-state index is -2.56. The van der Waals surface area contributed by atoms with Gasteiger partial charge in [0.15, 0.2) is 23.0 Å². The summed E-state index contributed by atoms with van der Waals surface area (Å²) in [5.41, 5.74) is 12.2. The first-order valence-corrected chi connectivity index (χ1v) is 12.2. The number of carbonyl (C=O) groups excluding carboxylic acids is 4. The van der Waals surface area contributed by atoms with E-state index in [1.165, 1.54) is 12.1 Å². The van der Waals surface area contributed by atoms with Crippen LogP contribution in [0.15, 0.2) is 48.2 Å². The number of phenols is 1. The van der Waals surface area contributed by atoms with Crippen molar-refractivity contribution in [2.24, 2.45) is 35.1 Å². The molecule has 9 heteroatoms. The summed E-state index contributed by atoms with van der Waals surface area (Å²) in [5, 5.41) is 22.3. The summed E-state index contributed by atoms with van der Waals surface area (Å²) in [4.78, 5) is 54.6. The van der Waals surface area contributed by atoms with Gasteiger partial charge in [0.05, 0.1) is 11.5 Å². The highest BCUT2D eigenvalue weighted by Crippen LogP contribution is 2.52. The van der Waals surface area contributed by atoms with E-state index in [4.69, 9.17) is 11.5 Å². The number of hydrogen-bond acceptors (Lipinski definition) is 8. The molecule has 6 N–H and O–H groups in total. The van der Waals surface area contributed by atoms with Gasteiger partial charge in [-0.15, -0.1) is 0 Å². The summed E-state index contributed by atoms with van der Waals surface area (Å²) in [6, 6.07) is 10.7. The van der Waals surface area contributed by atoms with Crippen LogP contribution in [0.3, 0.4) is 0 Å². The third kappa shape index (κ3) is 3.53. The van der Waals surface area contributed by atoms with Crippen LogP contribution in [0.5, 0.6) is 5.75 Å². The van der Waals surface area contributed by atoms with Crippen LogP contribution in [-0.2, 0) is 27.3 Å². The molecule has 1 fully saturated rings. The number of Topliss-reactive ketones (excluding diaryl/α,β-unsaturated/α-hetero) is 3. The number of nitrogens with zero attached hydrogens (tertiary/aromatic N) is 1. The van der Waals surface area contributed by atoms with Gasteiger partial charge in [0.25, 0.3) is 0 Å². The molecule has 3 aliphatic rings. The second-order valence-electron chi connectivity index (χ2n) is 10.3. The van der Waals surface area contributed by atoms with Crippen LogP contribution in [0.25, 0.3) is 11.1 Å². The molecule has 5 rings (SSSR count). The molecule has 0 bridgehead atoms. The van der Waals surface area contributed by atoms with Gasteiger partial charge in [-0.25, -0.2) is 0 Å². The number of phenolic OH excluding ortho intramolecular Hbond substituents is 1. The maximum Gasteiger partial charge on any atom is 0.232 e. The smallest absolute Gasteiger partial charge is 0.232 e. The minimum Gasteiger partial charge on any atom is -0.507 e. The highest BCUT2D eigenvalue weighted by Gasteiger charge is 2.65. The Labute approximate surface area is 213 Å². The van der Waals surface area contributed by atoms with Crippen LogP contribution in [-0.4, -0.2) is 58.1 Å². The number of nitrogens with two attached hydrogens (primary N) is 2. The van der Waals surface area contributed by atoms with Gasteiger partial charge in [0.1, 0.15) is 11.7 Å². The molecule has 37 heavy (non-hydrogen) atoms. The molecule has 0 radical (unpaired) electrons. The van der Waals surface area contributed by atoms with Gasteiger partial charge < -0.3 is 26.6 Å². The van der Waals surface area contributed by atoms with E-state index in [9.17, 15) is 29.4 Å². The van der Waals surface area contributed by atoms with Gasteiger partial charge in [-0.3, -0.25) is 19.2 Å². The number of amides is 1.